The molecule has 8 nitrogen and oxygen atoms in total. The zero-order valence-electron chi connectivity index (χ0n) is 11.5. The zero-order valence-corrected chi connectivity index (χ0v) is 12.3. The molecule has 1 atom stereocenters. The van der Waals surface area contributed by atoms with Crippen molar-refractivity contribution in [3.63, 3.8) is 0 Å². The van der Waals surface area contributed by atoms with Crippen LogP contribution < -0.4 is 5.32 Å². The molecule has 0 bridgehead atoms. The highest BCUT2D eigenvalue weighted by Gasteiger charge is 2.34. The highest BCUT2D eigenvalue weighted by atomic mass is 32.2. The molecule has 1 aromatic rings. The lowest BCUT2D eigenvalue weighted by Crippen LogP contribution is -2.44. The van der Waals surface area contributed by atoms with Crippen molar-refractivity contribution in [2.45, 2.75) is 25.9 Å². The van der Waals surface area contributed by atoms with Crippen LogP contribution >= 0.6 is 11.8 Å². The van der Waals surface area contributed by atoms with Crippen molar-refractivity contribution in [2.75, 3.05) is 16.9 Å². The van der Waals surface area contributed by atoms with E-state index < -0.39 is 12.0 Å². The van der Waals surface area contributed by atoms with Gasteiger partial charge < -0.3 is 15.3 Å². The van der Waals surface area contributed by atoms with Crippen LogP contribution in [0.15, 0.2) is 12.3 Å². The van der Waals surface area contributed by atoms with Crippen molar-refractivity contribution in [3.05, 3.63) is 12.3 Å². The summed E-state index contributed by atoms with van der Waals surface area (Å²) < 4.78 is 1.22. The number of hydrogen-bond donors (Lipinski definition) is 2. The molecular weight excluding hydrogens is 296 g/mol. The third-order valence-electron chi connectivity index (χ3n) is 3.00. The van der Waals surface area contributed by atoms with Crippen LogP contribution in [-0.4, -0.2) is 55.2 Å². The van der Waals surface area contributed by atoms with Crippen LogP contribution in [0.25, 0.3) is 0 Å². The third-order valence-corrected chi connectivity index (χ3v) is 4.01. The average Bonchev–Trinajstić information content (AvgIpc) is 3.06. The maximum atomic E-state index is 12.2. The number of amides is 2. The highest BCUT2D eigenvalue weighted by Crippen LogP contribution is 2.22. The number of aliphatic carboxylic acids is 1. The Morgan fingerprint density at radius 3 is 2.95 bits per heavy atom. The van der Waals surface area contributed by atoms with Gasteiger partial charge in [0.1, 0.15) is 12.6 Å². The van der Waals surface area contributed by atoms with E-state index in [2.05, 4.69) is 10.4 Å². The minimum Gasteiger partial charge on any atom is -0.480 e. The molecule has 114 valence electrons. The van der Waals surface area contributed by atoms with Gasteiger partial charge in [0.15, 0.2) is 5.82 Å². The summed E-state index contributed by atoms with van der Waals surface area (Å²) in [6, 6.07) is 1.02. The highest BCUT2D eigenvalue weighted by molar-refractivity contribution is 7.99. The molecule has 1 aliphatic heterocycles. The second kappa shape index (κ2) is 6.61. The number of carbonyl (C=O) groups excluding carboxylic acids is 2. The van der Waals surface area contributed by atoms with Gasteiger partial charge in [-0.3, -0.25) is 19.1 Å². The molecule has 1 saturated heterocycles. The van der Waals surface area contributed by atoms with E-state index in [0.717, 1.165) is 0 Å². The number of carbonyl (C=O) groups is 3. The number of nitrogens with one attached hydrogen (secondary N) is 1. The lowest BCUT2D eigenvalue weighted by molar-refractivity contribution is -0.138. The molecule has 2 heterocycles. The summed E-state index contributed by atoms with van der Waals surface area (Å²) in [7, 11) is 0. The maximum Gasteiger partial charge on any atom is 0.325 e. The second-order valence-electron chi connectivity index (χ2n) is 4.51. The number of anilines is 1. The number of rotatable bonds is 5. The number of nitrogens with zero attached hydrogens (tertiary/aromatic N) is 3. The summed E-state index contributed by atoms with van der Waals surface area (Å²) >= 11 is 1.53. The minimum absolute atomic E-state index is 0.0587. The van der Waals surface area contributed by atoms with Crippen molar-refractivity contribution in [1.29, 1.82) is 0 Å². The van der Waals surface area contributed by atoms with Gasteiger partial charge in [-0.1, -0.05) is 6.92 Å². The molecule has 21 heavy (non-hydrogen) atoms. The third kappa shape index (κ3) is 3.75. The van der Waals surface area contributed by atoms with Crippen LogP contribution in [0.3, 0.4) is 0 Å². The second-order valence-corrected chi connectivity index (χ2v) is 5.51. The monoisotopic (exact) mass is 312 g/mol. The zero-order chi connectivity index (χ0) is 15.4. The van der Waals surface area contributed by atoms with Crippen molar-refractivity contribution < 1.29 is 19.5 Å². The van der Waals surface area contributed by atoms with Gasteiger partial charge in [-0.15, -0.1) is 11.8 Å². The molecule has 9 heteroatoms. The van der Waals surface area contributed by atoms with Gasteiger partial charge in [-0.2, -0.15) is 5.10 Å². The largest absolute Gasteiger partial charge is 0.480 e. The van der Waals surface area contributed by atoms with Crippen molar-refractivity contribution >= 4 is 35.4 Å². The van der Waals surface area contributed by atoms with Gasteiger partial charge in [0, 0.05) is 24.4 Å². The van der Waals surface area contributed by atoms with E-state index in [1.165, 1.54) is 28.7 Å². The lowest BCUT2D eigenvalue weighted by atomic mass is 10.2. The van der Waals surface area contributed by atoms with Gasteiger partial charge in [-0.05, 0) is 0 Å². The van der Waals surface area contributed by atoms with Crippen LogP contribution in [-0.2, 0) is 20.9 Å². The molecule has 0 radical (unpaired) electrons. The van der Waals surface area contributed by atoms with E-state index in [4.69, 9.17) is 5.11 Å². The van der Waals surface area contributed by atoms with Crippen molar-refractivity contribution in [3.8, 4) is 0 Å². The summed E-state index contributed by atoms with van der Waals surface area (Å²) in [5.41, 5.74) is 0. The predicted octanol–water partition coefficient (Wildman–Crippen LogP) is 0.218. The number of carboxylic acids is 1. The Morgan fingerprint density at radius 1 is 1.52 bits per heavy atom. The summed E-state index contributed by atoms with van der Waals surface area (Å²) in [4.78, 5) is 36.1. The van der Waals surface area contributed by atoms with Gasteiger partial charge in [0.05, 0.1) is 5.88 Å². The fourth-order valence-corrected chi connectivity index (χ4v) is 3.15. The van der Waals surface area contributed by atoms with Gasteiger partial charge in [-0.25, -0.2) is 0 Å². The normalized spacial score (nSPS) is 17.8. The molecule has 1 fully saturated rings. The molecule has 0 aromatic carbocycles. The molecular formula is C12H16N4O4S. The maximum absolute atomic E-state index is 12.2. The number of aromatic nitrogens is 2. The molecule has 0 spiro atoms. The summed E-state index contributed by atoms with van der Waals surface area (Å²) in [5, 5.41) is 15.2. The van der Waals surface area contributed by atoms with E-state index in [9.17, 15) is 14.4 Å². The summed E-state index contributed by atoms with van der Waals surface area (Å²) in [6.45, 7) is 1.49. The number of thioether (sulfide) groups is 1. The van der Waals surface area contributed by atoms with Crippen LogP contribution in [0.2, 0.25) is 0 Å². The van der Waals surface area contributed by atoms with Gasteiger partial charge in [0.2, 0.25) is 11.8 Å². The standard InChI is InChI=1S/C12H16N4O4S/c1-2-10(17)16-7-21-6-8(16)12(20)13-9-3-4-15(14-9)5-11(18)19/h3-4,8H,2,5-7H2,1H3,(H,18,19)(H,13,14,20). The van der Waals surface area contributed by atoms with Gasteiger partial charge in [0.25, 0.3) is 0 Å². The van der Waals surface area contributed by atoms with E-state index in [1.54, 1.807) is 11.8 Å². The first-order valence-electron chi connectivity index (χ1n) is 6.44. The van der Waals surface area contributed by atoms with Crippen LogP contribution in [0.1, 0.15) is 13.3 Å². The minimum atomic E-state index is -1.01. The topological polar surface area (TPSA) is 105 Å². The summed E-state index contributed by atoms with van der Waals surface area (Å²) in [5.74, 6) is -0.0325. The Morgan fingerprint density at radius 2 is 2.29 bits per heavy atom. The Hall–Kier alpha value is -2.03. The Bertz CT molecular complexity index is 559. The van der Waals surface area contributed by atoms with Crippen molar-refractivity contribution in [2.24, 2.45) is 0 Å². The first-order valence-corrected chi connectivity index (χ1v) is 7.60. The van der Waals surface area contributed by atoms with Crippen LogP contribution in [0.5, 0.6) is 0 Å². The Balaban J connectivity index is 1.99. The fourth-order valence-electron chi connectivity index (χ4n) is 1.97. The smallest absolute Gasteiger partial charge is 0.325 e. The fraction of sp³-hybridized carbons (Fsp3) is 0.500. The number of carboxylic acid groups (broad SMARTS) is 1. The molecule has 1 aliphatic rings. The Kier molecular flexibility index (Phi) is 4.84. The first-order chi connectivity index (χ1) is 10.0. The van der Waals surface area contributed by atoms with E-state index in [0.29, 0.717) is 18.1 Å². The lowest BCUT2D eigenvalue weighted by Gasteiger charge is -2.21. The first kappa shape index (κ1) is 15.4. The SMILES string of the molecule is CCC(=O)N1CSCC1C(=O)Nc1ccn(CC(=O)O)n1. The average molecular weight is 312 g/mol. The van der Waals surface area contributed by atoms with Gasteiger partial charge >= 0.3 is 5.97 Å². The van der Waals surface area contributed by atoms with Crippen LogP contribution in [0.4, 0.5) is 5.82 Å². The van der Waals surface area contributed by atoms with E-state index in [1.807, 2.05) is 0 Å². The predicted molar refractivity (Wildman–Crippen MR) is 76.7 cm³/mol. The Labute approximate surface area is 125 Å². The number of hydrogen-bond acceptors (Lipinski definition) is 5. The molecule has 1 unspecified atom stereocenters. The van der Waals surface area contributed by atoms with Crippen molar-refractivity contribution in [1.82, 2.24) is 14.7 Å². The quantitative estimate of drug-likeness (QED) is 0.806. The molecule has 0 aliphatic carbocycles. The van der Waals surface area contributed by atoms with E-state index in [-0.39, 0.29) is 24.2 Å². The van der Waals surface area contributed by atoms with E-state index >= 15 is 0 Å². The van der Waals surface area contributed by atoms with Crippen LogP contribution in [0, 0.1) is 0 Å². The summed E-state index contributed by atoms with van der Waals surface area (Å²) in [6.07, 6.45) is 1.83. The molecule has 2 rings (SSSR count). The molecule has 0 saturated carbocycles. The molecule has 2 amide bonds. The molecule has 1 aromatic heterocycles. The molecule has 2 N–H and O–H groups in total.